The van der Waals surface area contributed by atoms with E-state index in [0.717, 1.165) is 31.1 Å². The molecule has 0 fully saturated rings. The topological polar surface area (TPSA) is 77.0 Å². The number of hydrogen-bond donors (Lipinski definition) is 2. The van der Waals surface area contributed by atoms with Crippen LogP contribution in [0.25, 0.3) is 0 Å². The number of rotatable bonds is 13. The highest BCUT2D eigenvalue weighted by Crippen LogP contribution is 2.15. The van der Waals surface area contributed by atoms with Gasteiger partial charge in [0.2, 0.25) is 5.88 Å². The summed E-state index contributed by atoms with van der Waals surface area (Å²) in [6, 6.07) is 3.86. The van der Waals surface area contributed by atoms with Gasteiger partial charge in [-0.15, -0.1) is 0 Å². The Morgan fingerprint density at radius 2 is 2.04 bits per heavy atom. The van der Waals surface area contributed by atoms with Crippen LogP contribution in [-0.2, 0) is 16.0 Å². The molecule has 1 aromatic heterocycles. The van der Waals surface area contributed by atoms with Crippen LogP contribution in [0.5, 0.6) is 5.88 Å². The highest BCUT2D eigenvalue weighted by atomic mass is 16.5. The quantitative estimate of drug-likeness (QED) is 0.317. The van der Waals surface area contributed by atoms with Crippen LogP contribution in [0.1, 0.15) is 32.8 Å². The molecule has 0 saturated heterocycles. The fourth-order valence-electron chi connectivity index (χ4n) is 2.06. The minimum absolute atomic E-state index is 0.469. The Morgan fingerprint density at radius 3 is 2.77 bits per heavy atom. The molecule has 7 heteroatoms. The number of guanidine groups is 1. The molecule has 1 rings (SSSR count). The Kier molecular flexibility index (Phi) is 12.2. The maximum absolute atomic E-state index is 5.65. The van der Waals surface area contributed by atoms with E-state index in [1.54, 1.807) is 13.3 Å². The van der Waals surface area contributed by atoms with E-state index >= 15 is 0 Å². The summed E-state index contributed by atoms with van der Waals surface area (Å²) in [5, 5.41) is 6.52. The summed E-state index contributed by atoms with van der Waals surface area (Å²) < 4.78 is 16.3. The van der Waals surface area contributed by atoms with Gasteiger partial charge < -0.3 is 24.8 Å². The summed E-state index contributed by atoms with van der Waals surface area (Å²) >= 11 is 0. The number of hydrogen-bond acceptors (Lipinski definition) is 5. The molecule has 148 valence electrons. The maximum atomic E-state index is 5.65. The second-order valence-corrected chi connectivity index (χ2v) is 6.23. The van der Waals surface area contributed by atoms with Crippen LogP contribution in [0, 0.1) is 5.92 Å². The van der Waals surface area contributed by atoms with Crippen LogP contribution < -0.4 is 15.4 Å². The molecule has 26 heavy (non-hydrogen) atoms. The summed E-state index contributed by atoms with van der Waals surface area (Å²) in [7, 11) is 1.65. The molecule has 0 amide bonds. The van der Waals surface area contributed by atoms with Gasteiger partial charge in [-0.05, 0) is 25.3 Å². The standard InChI is InChI=1S/C19H34N4O3/c1-5-20-19(22-10-12-25-11-8-16(2)3)23-15-17-7-6-9-21-18(17)26-14-13-24-4/h6-7,9,16H,5,8,10-15H2,1-4H3,(H2,20,22,23). The third-order valence-electron chi connectivity index (χ3n) is 3.51. The molecule has 0 radical (unpaired) electrons. The molecule has 2 N–H and O–H groups in total. The van der Waals surface area contributed by atoms with E-state index in [9.17, 15) is 0 Å². The van der Waals surface area contributed by atoms with Gasteiger partial charge in [0.25, 0.3) is 0 Å². The van der Waals surface area contributed by atoms with Crippen molar-refractivity contribution in [2.24, 2.45) is 10.9 Å². The number of pyridine rings is 1. The molecule has 1 heterocycles. The number of aromatic nitrogens is 1. The van der Waals surface area contributed by atoms with Gasteiger partial charge in [-0.1, -0.05) is 19.9 Å². The minimum Gasteiger partial charge on any atom is -0.475 e. The minimum atomic E-state index is 0.469. The van der Waals surface area contributed by atoms with Crippen molar-refractivity contribution in [3.63, 3.8) is 0 Å². The van der Waals surface area contributed by atoms with Crippen LogP contribution in [-0.4, -0.2) is 57.6 Å². The molecule has 0 aromatic carbocycles. The van der Waals surface area contributed by atoms with E-state index < -0.39 is 0 Å². The fourth-order valence-corrected chi connectivity index (χ4v) is 2.06. The zero-order valence-corrected chi connectivity index (χ0v) is 16.6. The molecule has 0 unspecified atom stereocenters. The largest absolute Gasteiger partial charge is 0.475 e. The fraction of sp³-hybridized carbons (Fsp3) is 0.684. The third-order valence-corrected chi connectivity index (χ3v) is 3.51. The van der Waals surface area contributed by atoms with Crippen molar-refractivity contribution in [3.8, 4) is 5.88 Å². The SMILES string of the molecule is CCNC(=NCc1cccnc1OCCOC)NCCOCCC(C)C. The normalized spacial score (nSPS) is 11.7. The van der Waals surface area contributed by atoms with Gasteiger partial charge in [0.1, 0.15) is 6.61 Å². The first-order valence-corrected chi connectivity index (χ1v) is 9.32. The average Bonchev–Trinajstić information content (AvgIpc) is 2.63. The van der Waals surface area contributed by atoms with Gasteiger partial charge in [0.15, 0.2) is 5.96 Å². The van der Waals surface area contributed by atoms with Gasteiger partial charge in [0.05, 0.1) is 19.8 Å². The van der Waals surface area contributed by atoms with Crippen molar-refractivity contribution in [2.45, 2.75) is 33.7 Å². The molecule has 0 bridgehead atoms. The molecule has 0 aliphatic rings. The maximum Gasteiger partial charge on any atom is 0.218 e. The molecule has 0 saturated carbocycles. The van der Waals surface area contributed by atoms with Gasteiger partial charge in [-0.3, -0.25) is 0 Å². The summed E-state index contributed by atoms with van der Waals surface area (Å²) in [5.74, 6) is 2.02. The zero-order valence-electron chi connectivity index (χ0n) is 16.6. The van der Waals surface area contributed by atoms with E-state index in [0.29, 0.717) is 44.7 Å². The number of nitrogens with zero attached hydrogens (tertiary/aromatic N) is 2. The van der Waals surface area contributed by atoms with E-state index in [1.807, 2.05) is 19.1 Å². The molecule has 0 atom stereocenters. The van der Waals surface area contributed by atoms with E-state index in [2.05, 4.69) is 34.5 Å². The van der Waals surface area contributed by atoms with Gasteiger partial charge in [-0.25, -0.2) is 9.98 Å². The molecule has 7 nitrogen and oxygen atoms in total. The Bertz CT molecular complexity index is 509. The van der Waals surface area contributed by atoms with Crippen LogP contribution in [0.2, 0.25) is 0 Å². The Labute approximate surface area is 157 Å². The number of ether oxygens (including phenoxy) is 3. The number of methoxy groups -OCH3 is 1. The molecule has 0 spiro atoms. The number of nitrogens with one attached hydrogen (secondary N) is 2. The lowest BCUT2D eigenvalue weighted by Gasteiger charge is -2.13. The Hall–Kier alpha value is -1.86. The lowest BCUT2D eigenvalue weighted by Crippen LogP contribution is -2.39. The molecular formula is C19H34N4O3. The lowest BCUT2D eigenvalue weighted by atomic mass is 10.1. The number of aliphatic imine (C=N–C) groups is 1. The summed E-state index contributed by atoms with van der Waals surface area (Å²) in [4.78, 5) is 8.88. The van der Waals surface area contributed by atoms with Gasteiger partial charge >= 0.3 is 0 Å². The van der Waals surface area contributed by atoms with Gasteiger partial charge in [-0.2, -0.15) is 0 Å². The predicted molar refractivity (Wildman–Crippen MR) is 105 cm³/mol. The van der Waals surface area contributed by atoms with Crippen molar-refractivity contribution in [1.29, 1.82) is 0 Å². The van der Waals surface area contributed by atoms with E-state index in [1.165, 1.54) is 0 Å². The molecular weight excluding hydrogens is 332 g/mol. The van der Waals surface area contributed by atoms with Crippen molar-refractivity contribution in [3.05, 3.63) is 23.9 Å². The summed E-state index contributed by atoms with van der Waals surface area (Å²) in [6.45, 7) is 10.9. The van der Waals surface area contributed by atoms with Crippen molar-refractivity contribution >= 4 is 5.96 Å². The molecule has 0 aliphatic carbocycles. The van der Waals surface area contributed by atoms with Crippen molar-refractivity contribution in [1.82, 2.24) is 15.6 Å². The second kappa shape index (κ2) is 14.3. The summed E-state index contributed by atoms with van der Waals surface area (Å²) in [5.41, 5.74) is 0.939. The highest BCUT2D eigenvalue weighted by Gasteiger charge is 2.05. The first kappa shape index (κ1) is 22.2. The molecule has 1 aromatic rings. The summed E-state index contributed by atoms with van der Waals surface area (Å²) in [6.07, 6.45) is 2.80. The van der Waals surface area contributed by atoms with Crippen LogP contribution in [0.3, 0.4) is 0 Å². The van der Waals surface area contributed by atoms with Crippen molar-refractivity contribution < 1.29 is 14.2 Å². The highest BCUT2D eigenvalue weighted by molar-refractivity contribution is 5.79. The average molecular weight is 367 g/mol. The predicted octanol–water partition coefficient (Wildman–Crippen LogP) is 2.22. The lowest BCUT2D eigenvalue weighted by molar-refractivity contribution is 0.128. The van der Waals surface area contributed by atoms with E-state index in [4.69, 9.17) is 14.2 Å². The van der Waals surface area contributed by atoms with Crippen LogP contribution >= 0.6 is 0 Å². The third kappa shape index (κ3) is 10.2. The zero-order chi connectivity index (χ0) is 19.0. The van der Waals surface area contributed by atoms with Gasteiger partial charge in [0, 0.05) is 38.6 Å². The van der Waals surface area contributed by atoms with Crippen LogP contribution in [0.15, 0.2) is 23.3 Å². The Balaban J connectivity index is 2.47. The molecule has 0 aliphatic heterocycles. The monoisotopic (exact) mass is 366 g/mol. The smallest absolute Gasteiger partial charge is 0.218 e. The van der Waals surface area contributed by atoms with Crippen molar-refractivity contribution in [2.75, 3.05) is 46.6 Å². The van der Waals surface area contributed by atoms with Crippen LogP contribution in [0.4, 0.5) is 0 Å². The first-order valence-electron chi connectivity index (χ1n) is 9.32. The van der Waals surface area contributed by atoms with E-state index in [-0.39, 0.29) is 0 Å². The first-order chi connectivity index (χ1) is 12.7. The second-order valence-electron chi connectivity index (χ2n) is 6.23. The Morgan fingerprint density at radius 1 is 1.19 bits per heavy atom.